The van der Waals surface area contributed by atoms with E-state index in [1.54, 1.807) is 36.4 Å². The molecule has 0 unspecified atom stereocenters. The molecule has 0 radical (unpaired) electrons. The lowest BCUT2D eigenvalue weighted by Gasteiger charge is -2.31. The van der Waals surface area contributed by atoms with E-state index >= 15 is 0 Å². The smallest absolute Gasteiger partial charge is 0.261 e. The molecular formula is C25H32Cl2N2O5. The largest absolute Gasteiger partial charge is 0.496 e. The molecule has 0 aliphatic heterocycles. The van der Waals surface area contributed by atoms with E-state index in [4.69, 9.17) is 37.4 Å². The van der Waals surface area contributed by atoms with Gasteiger partial charge in [-0.1, -0.05) is 49.5 Å². The van der Waals surface area contributed by atoms with Crippen LogP contribution >= 0.6 is 23.2 Å². The zero-order valence-electron chi connectivity index (χ0n) is 20.0. The van der Waals surface area contributed by atoms with Crippen LogP contribution in [-0.2, 0) is 16.1 Å². The molecule has 0 fully saturated rings. The quantitative estimate of drug-likeness (QED) is 0.378. The summed E-state index contributed by atoms with van der Waals surface area (Å²) in [6, 6.07) is 9.41. The number of ether oxygens (including phenoxy) is 3. The summed E-state index contributed by atoms with van der Waals surface area (Å²) in [6.45, 7) is 4.32. The fraction of sp³-hybridized carbons (Fsp3) is 0.440. The van der Waals surface area contributed by atoms with Gasteiger partial charge in [-0.2, -0.15) is 0 Å². The van der Waals surface area contributed by atoms with Crippen LogP contribution in [0.4, 0.5) is 0 Å². The molecule has 34 heavy (non-hydrogen) atoms. The lowest BCUT2D eigenvalue weighted by molar-refractivity contribution is -0.143. The summed E-state index contributed by atoms with van der Waals surface area (Å²) in [7, 11) is 3.06. The highest BCUT2D eigenvalue weighted by Crippen LogP contribution is 2.28. The van der Waals surface area contributed by atoms with Gasteiger partial charge in [0.05, 0.1) is 14.2 Å². The van der Waals surface area contributed by atoms with Crippen LogP contribution in [0.2, 0.25) is 10.0 Å². The fourth-order valence-electron chi connectivity index (χ4n) is 3.35. The highest BCUT2D eigenvalue weighted by Gasteiger charge is 2.29. The fourth-order valence-corrected chi connectivity index (χ4v) is 3.82. The minimum Gasteiger partial charge on any atom is -0.496 e. The number of methoxy groups -OCH3 is 2. The van der Waals surface area contributed by atoms with Gasteiger partial charge in [-0.15, -0.1) is 0 Å². The molecule has 2 aromatic rings. The molecule has 0 aliphatic rings. The number of nitrogens with one attached hydrogen (secondary N) is 1. The van der Waals surface area contributed by atoms with Crippen molar-refractivity contribution in [2.45, 2.75) is 45.7 Å². The molecule has 9 heteroatoms. The van der Waals surface area contributed by atoms with Gasteiger partial charge in [-0.05, 0) is 30.5 Å². The third kappa shape index (κ3) is 7.99. The van der Waals surface area contributed by atoms with Gasteiger partial charge in [-0.3, -0.25) is 9.59 Å². The molecule has 2 amide bonds. The van der Waals surface area contributed by atoms with Crippen LogP contribution in [0.1, 0.15) is 38.7 Å². The number of amides is 2. The maximum atomic E-state index is 13.3. The van der Waals surface area contributed by atoms with Gasteiger partial charge in [-0.25, -0.2) is 0 Å². The molecule has 0 saturated heterocycles. The average Bonchev–Trinajstić information content (AvgIpc) is 2.83. The Labute approximate surface area is 211 Å². The summed E-state index contributed by atoms with van der Waals surface area (Å²) >= 11 is 12.4. The third-order valence-corrected chi connectivity index (χ3v) is 5.85. The molecule has 7 nitrogen and oxygen atoms in total. The van der Waals surface area contributed by atoms with Crippen LogP contribution in [0, 0.1) is 0 Å². The first-order valence-electron chi connectivity index (χ1n) is 11.2. The van der Waals surface area contributed by atoms with Crippen LogP contribution in [-0.4, -0.2) is 50.1 Å². The van der Waals surface area contributed by atoms with Crippen molar-refractivity contribution in [3.05, 3.63) is 52.0 Å². The first kappa shape index (κ1) is 27.6. The molecule has 0 aliphatic carbocycles. The number of benzene rings is 2. The third-order valence-electron chi connectivity index (χ3n) is 5.26. The zero-order valence-corrected chi connectivity index (χ0v) is 21.5. The summed E-state index contributed by atoms with van der Waals surface area (Å²) in [5, 5.41) is 3.84. The highest BCUT2D eigenvalue weighted by molar-refractivity contribution is 6.35. The van der Waals surface area contributed by atoms with Crippen LogP contribution in [0.25, 0.3) is 0 Å². The van der Waals surface area contributed by atoms with Gasteiger partial charge in [0.2, 0.25) is 5.91 Å². The maximum Gasteiger partial charge on any atom is 0.261 e. The molecule has 2 rings (SSSR count). The van der Waals surface area contributed by atoms with Crippen LogP contribution in [0.15, 0.2) is 36.4 Å². The average molecular weight is 511 g/mol. The topological polar surface area (TPSA) is 77.1 Å². The maximum absolute atomic E-state index is 13.3. The Morgan fingerprint density at radius 1 is 1.00 bits per heavy atom. The molecule has 1 N–H and O–H groups in total. The van der Waals surface area contributed by atoms with E-state index in [1.165, 1.54) is 19.1 Å². The van der Waals surface area contributed by atoms with Crippen molar-refractivity contribution < 1.29 is 23.8 Å². The monoisotopic (exact) mass is 510 g/mol. The summed E-state index contributed by atoms with van der Waals surface area (Å²) < 4.78 is 16.3. The second kappa shape index (κ2) is 13.9. The van der Waals surface area contributed by atoms with Crippen molar-refractivity contribution in [2.24, 2.45) is 0 Å². The van der Waals surface area contributed by atoms with Crippen molar-refractivity contribution in [3.63, 3.8) is 0 Å². The van der Waals surface area contributed by atoms with Crippen molar-refractivity contribution in [1.82, 2.24) is 10.2 Å². The van der Waals surface area contributed by atoms with Gasteiger partial charge in [0, 0.05) is 41.3 Å². The lowest BCUT2D eigenvalue weighted by Crippen LogP contribution is -2.50. The molecular weight excluding hydrogens is 479 g/mol. The first-order chi connectivity index (χ1) is 16.3. The van der Waals surface area contributed by atoms with E-state index in [0.29, 0.717) is 45.8 Å². The Hall–Kier alpha value is -2.64. The van der Waals surface area contributed by atoms with Crippen LogP contribution in [0.5, 0.6) is 17.2 Å². The van der Waals surface area contributed by atoms with Gasteiger partial charge < -0.3 is 24.4 Å². The number of halogens is 2. The van der Waals surface area contributed by atoms with E-state index in [-0.39, 0.29) is 25.0 Å². The van der Waals surface area contributed by atoms with Crippen LogP contribution in [0.3, 0.4) is 0 Å². The number of unbranched alkanes of at least 4 members (excludes halogenated alkanes) is 1. The molecule has 0 aromatic heterocycles. The summed E-state index contributed by atoms with van der Waals surface area (Å²) in [5.74, 6) is 0.916. The minimum atomic E-state index is -0.681. The normalized spacial score (nSPS) is 11.5. The Balaban J connectivity index is 2.26. The number of carbonyl (C=O) groups is 2. The van der Waals surface area contributed by atoms with Gasteiger partial charge in [0.1, 0.15) is 23.3 Å². The second-order valence-electron chi connectivity index (χ2n) is 7.66. The number of hydrogen-bond acceptors (Lipinski definition) is 5. The van der Waals surface area contributed by atoms with Crippen molar-refractivity contribution in [2.75, 3.05) is 27.4 Å². The molecule has 1 atom stereocenters. The standard InChI is InChI=1S/C25H32Cl2N2O5/c1-5-7-10-28-25(31)23(6-2)29(15-17-8-9-18(26)11-22(17)27)24(30)16-34-21-13-19(32-3)12-20(14-21)33-4/h8-9,11-14,23H,5-7,10,15-16H2,1-4H3,(H,28,31)/t23-/m1/s1. The minimum absolute atomic E-state index is 0.138. The Kier molecular flexibility index (Phi) is 11.3. The molecule has 0 bridgehead atoms. The van der Waals surface area contributed by atoms with Gasteiger partial charge >= 0.3 is 0 Å². The highest BCUT2D eigenvalue weighted by atomic mass is 35.5. The van der Waals surface area contributed by atoms with E-state index in [0.717, 1.165) is 12.8 Å². The summed E-state index contributed by atoms with van der Waals surface area (Å²) in [6.07, 6.45) is 2.25. The molecule has 0 heterocycles. The number of hydrogen-bond donors (Lipinski definition) is 1. The Morgan fingerprint density at radius 3 is 2.21 bits per heavy atom. The molecule has 0 spiro atoms. The van der Waals surface area contributed by atoms with E-state index < -0.39 is 6.04 Å². The number of carbonyl (C=O) groups excluding carboxylic acids is 2. The number of rotatable bonds is 13. The molecule has 2 aromatic carbocycles. The summed E-state index contributed by atoms with van der Waals surface area (Å²) in [5.41, 5.74) is 0.683. The number of nitrogens with zero attached hydrogens (tertiary/aromatic N) is 1. The van der Waals surface area contributed by atoms with Crippen molar-refractivity contribution >= 4 is 35.0 Å². The summed E-state index contributed by atoms with van der Waals surface area (Å²) in [4.78, 5) is 27.8. The predicted molar refractivity (Wildman–Crippen MR) is 134 cm³/mol. The van der Waals surface area contributed by atoms with E-state index in [1.807, 2.05) is 13.8 Å². The predicted octanol–water partition coefficient (Wildman–Crippen LogP) is 5.11. The molecule has 186 valence electrons. The SMILES string of the molecule is CCCCNC(=O)[C@@H](CC)N(Cc1ccc(Cl)cc1Cl)C(=O)COc1cc(OC)cc(OC)c1. The van der Waals surface area contributed by atoms with Crippen LogP contribution < -0.4 is 19.5 Å². The van der Waals surface area contributed by atoms with E-state index in [2.05, 4.69) is 5.32 Å². The Morgan fingerprint density at radius 2 is 1.65 bits per heavy atom. The molecule has 0 saturated carbocycles. The van der Waals surface area contributed by atoms with Gasteiger partial charge in [0.15, 0.2) is 6.61 Å². The van der Waals surface area contributed by atoms with Gasteiger partial charge in [0.25, 0.3) is 5.91 Å². The second-order valence-corrected chi connectivity index (χ2v) is 8.51. The van der Waals surface area contributed by atoms with E-state index in [9.17, 15) is 9.59 Å². The van der Waals surface area contributed by atoms with Crippen molar-refractivity contribution in [3.8, 4) is 17.2 Å². The first-order valence-corrected chi connectivity index (χ1v) is 11.9. The van der Waals surface area contributed by atoms with Crippen molar-refractivity contribution in [1.29, 1.82) is 0 Å². The lowest BCUT2D eigenvalue weighted by atomic mass is 10.1. The zero-order chi connectivity index (χ0) is 25.1. The Bertz CT molecular complexity index is 948.